The Morgan fingerprint density at radius 3 is 2.24 bits per heavy atom. The second kappa shape index (κ2) is 8.03. The lowest BCUT2D eigenvalue weighted by Crippen LogP contribution is -2.34. The van der Waals surface area contributed by atoms with E-state index in [-0.39, 0.29) is 5.82 Å². The molecule has 8 heteroatoms. The summed E-state index contributed by atoms with van der Waals surface area (Å²) in [5, 5.41) is 12.3. The predicted octanol–water partition coefficient (Wildman–Crippen LogP) is 2.71. The zero-order valence-corrected chi connectivity index (χ0v) is 10.8. The Hall–Kier alpha value is -2.38. The third kappa shape index (κ3) is 6.55. The van der Waals surface area contributed by atoms with Crippen LogP contribution < -0.4 is 10.0 Å². The molecule has 0 aliphatic heterocycles. The van der Waals surface area contributed by atoms with Gasteiger partial charge in [0.15, 0.2) is 12.4 Å². The molecule has 0 unspecified atom stereocenters. The first-order chi connectivity index (χ1) is 9.92. The quantitative estimate of drug-likeness (QED) is 0.537. The number of nitrogens with zero attached hydrogens (tertiary/aromatic N) is 2. The average molecular weight is 303 g/mol. The lowest BCUT2D eigenvalue weighted by atomic mass is 10.3. The van der Waals surface area contributed by atoms with E-state index in [4.69, 9.17) is 0 Å². The van der Waals surface area contributed by atoms with Gasteiger partial charge in [-0.3, -0.25) is 0 Å². The number of halogens is 4. The van der Waals surface area contributed by atoms with E-state index in [1.165, 1.54) is 24.7 Å². The fraction of sp³-hybridized carbons (Fsp3) is 0.231. The van der Waals surface area contributed by atoms with Gasteiger partial charge in [0.1, 0.15) is 5.82 Å². The highest BCUT2D eigenvalue weighted by molar-refractivity contribution is 5.33. The number of alkyl halides is 4. The summed E-state index contributed by atoms with van der Waals surface area (Å²) in [4.78, 5) is 3.65. The summed E-state index contributed by atoms with van der Waals surface area (Å²) >= 11 is 0. The molecule has 2 heterocycles. The van der Waals surface area contributed by atoms with E-state index in [1.54, 1.807) is 30.3 Å². The van der Waals surface area contributed by atoms with Crippen LogP contribution in [-0.2, 0) is 0 Å². The van der Waals surface area contributed by atoms with E-state index in [1.807, 2.05) is 0 Å². The van der Waals surface area contributed by atoms with Crippen LogP contribution in [0.25, 0.3) is 0 Å². The monoisotopic (exact) mass is 303 g/mol. The van der Waals surface area contributed by atoms with Crippen LogP contribution in [0.2, 0.25) is 0 Å². The van der Waals surface area contributed by atoms with Crippen molar-refractivity contribution >= 4 is 5.82 Å². The summed E-state index contributed by atoms with van der Waals surface area (Å²) in [6.45, 7) is -1.12. The molecule has 0 bridgehead atoms. The highest BCUT2D eigenvalue weighted by Gasteiger charge is 2.40. The maximum Gasteiger partial charge on any atom is 0.324 e. The van der Waals surface area contributed by atoms with Gasteiger partial charge in [0.25, 0.3) is 0 Å². The van der Waals surface area contributed by atoms with Crippen molar-refractivity contribution in [3.63, 3.8) is 0 Å². The molecule has 114 valence electrons. The Morgan fingerprint density at radius 1 is 1.14 bits per heavy atom. The lowest BCUT2D eigenvalue weighted by Gasteiger charge is -2.15. The molecule has 0 aliphatic rings. The average Bonchev–Trinajstić information content (AvgIpc) is 2.48. The molecule has 0 fully saturated rings. The minimum absolute atomic E-state index is 0.146. The van der Waals surface area contributed by atoms with Crippen LogP contribution in [0.1, 0.15) is 0 Å². The number of aromatic nitrogens is 2. The van der Waals surface area contributed by atoms with E-state index in [2.05, 4.69) is 10.3 Å². The molecule has 0 spiro atoms. The zero-order valence-electron chi connectivity index (χ0n) is 10.8. The Labute approximate surface area is 118 Å². The Bertz CT molecular complexity index is 511. The van der Waals surface area contributed by atoms with Gasteiger partial charge in [0.2, 0.25) is 0 Å². The van der Waals surface area contributed by atoms with Crippen molar-refractivity contribution in [1.82, 2.24) is 4.98 Å². The van der Waals surface area contributed by atoms with Crippen molar-refractivity contribution in [2.75, 3.05) is 11.9 Å². The third-order valence-corrected chi connectivity index (χ3v) is 2.18. The number of hydrogen-bond donors (Lipinski definition) is 1. The SMILES string of the molecule is FC(F)C(F)(F)CNc1ccccn1.[O-][n+]1ccccc1. The standard InChI is InChI=1S/C8H8F4N2.C5H5NO/c9-7(10)8(11,12)5-14-6-3-1-2-4-13-6;7-6-4-2-1-3-5-6/h1-4,7H,5H2,(H,13,14);1-5H. The fourth-order valence-electron chi connectivity index (χ4n) is 1.14. The highest BCUT2D eigenvalue weighted by Crippen LogP contribution is 2.22. The first-order valence-corrected chi connectivity index (χ1v) is 5.86. The normalized spacial score (nSPS) is 10.7. The first-order valence-electron chi connectivity index (χ1n) is 5.86. The topological polar surface area (TPSA) is 51.9 Å². The molecule has 2 aromatic rings. The predicted molar refractivity (Wildman–Crippen MR) is 69.1 cm³/mol. The van der Waals surface area contributed by atoms with Crippen LogP contribution in [0, 0.1) is 5.21 Å². The molecular weight excluding hydrogens is 290 g/mol. The van der Waals surface area contributed by atoms with Gasteiger partial charge < -0.3 is 10.5 Å². The summed E-state index contributed by atoms with van der Waals surface area (Å²) < 4.78 is 48.9. The van der Waals surface area contributed by atoms with E-state index in [9.17, 15) is 22.8 Å². The van der Waals surface area contributed by atoms with Crippen molar-refractivity contribution in [3.8, 4) is 0 Å². The Balaban J connectivity index is 0.000000262. The molecular formula is C13H13F4N3O. The van der Waals surface area contributed by atoms with Gasteiger partial charge in [-0.25, -0.2) is 13.8 Å². The minimum Gasteiger partial charge on any atom is -0.619 e. The van der Waals surface area contributed by atoms with Gasteiger partial charge in [0, 0.05) is 18.3 Å². The second-order valence-electron chi connectivity index (χ2n) is 3.87. The number of rotatable bonds is 4. The second-order valence-corrected chi connectivity index (χ2v) is 3.87. The molecule has 21 heavy (non-hydrogen) atoms. The smallest absolute Gasteiger partial charge is 0.324 e. The van der Waals surface area contributed by atoms with Gasteiger partial charge >= 0.3 is 12.3 Å². The van der Waals surface area contributed by atoms with Crippen LogP contribution in [0.3, 0.4) is 0 Å². The summed E-state index contributed by atoms with van der Waals surface area (Å²) in [5.74, 6) is -3.88. The summed E-state index contributed by atoms with van der Waals surface area (Å²) in [7, 11) is 0. The molecule has 0 amide bonds. The molecule has 1 N–H and O–H groups in total. The lowest BCUT2D eigenvalue weighted by molar-refractivity contribution is -0.605. The van der Waals surface area contributed by atoms with Crippen LogP contribution in [0.4, 0.5) is 23.4 Å². The maximum absolute atomic E-state index is 12.4. The molecule has 4 nitrogen and oxygen atoms in total. The molecule has 0 atom stereocenters. The fourth-order valence-corrected chi connectivity index (χ4v) is 1.14. The zero-order chi connectivity index (χ0) is 15.7. The molecule has 0 saturated heterocycles. The highest BCUT2D eigenvalue weighted by atomic mass is 19.3. The molecule has 0 radical (unpaired) electrons. The van der Waals surface area contributed by atoms with E-state index in [0.717, 1.165) is 4.73 Å². The van der Waals surface area contributed by atoms with Crippen LogP contribution in [-0.4, -0.2) is 23.9 Å². The van der Waals surface area contributed by atoms with Crippen LogP contribution in [0.15, 0.2) is 55.0 Å². The van der Waals surface area contributed by atoms with Crippen molar-refractivity contribution in [2.24, 2.45) is 0 Å². The van der Waals surface area contributed by atoms with E-state index in [0.29, 0.717) is 0 Å². The van der Waals surface area contributed by atoms with Crippen molar-refractivity contribution in [2.45, 2.75) is 12.3 Å². The summed E-state index contributed by atoms with van der Waals surface area (Å²) in [5.41, 5.74) is 0. The number of nitrogens with one attached hydrogen (secondary N) is 1. The number of anilines is 1. The molecule has 2 aromatic heterocycles. The van der Waals surface area contributed by atoms with Crippen LogP contribution >= 0.6 is 0 Å². The Morgan fingerprint density at radius 2 is 1.81 bits per heavy atom. The Kier molecular flexibility index (Phi) is 6.38. The number of pyridine rings is 2. The van der Waals surface area contributed by atoms with Gasteiger partial charge in [-0.15, -0.1) is 0 Å². The van der Waals surface area contributed by atoms with E-state index >= 15 is 0 Å². The van der Waals surface area contributed by atoms with Crippen molar-refractivity contribution < 1.29 is 22.3 Å². The number of hydrogen-bond acceptors (Lipinski definition) is 3. The van der Waals surface area contributed by atoms with Crippen molar-refractivity contribution in [3.05, 3.63) is 60.2 Å². The molecule has 0 aliphatic carbocycles. The van der Waals surface area contributed by atoms with Crippen LogP contribution in [0.5, 0.6) is 0 Å². The maximum atomic E-state index is 12.4. The third-order valence-electron chi connectivity index (χ3n) is 2.18. The minimum atomic E-state index is -4.03. The van der Waals surface area contributed by atoms with Gasteiger partial charge in [-0.05, 0) is 12.1 Å². The van der Waals surface area contributed by atoms with Gasteiger partial charge in [0.05, 0.1) is 6.54 Å². The van der Waals surface area contributed by atoms with E-state index < -0.39 is 18.9 Å². The summed E-state index contributed by atoms with van der Waals surface area (Å²) in [6.07, 6.45) is 0.599. The van der Waals surface area contributed by atoms with Gasteiger partial charge in [-0.1, -0.05) is 12.1 Å². The summed E-state index contributed by atoms with van der Waals surface area (Å²) in [6, 6.07) is 9.75. The van der Waals surface area contributed by atoms with Crippen molar-refractivity contribution in [1.29, 1.82) is 0 Å². The largest absolute Gasteiger partial charge is 0.619 e. The molecule has 0 saturated carbocycles. The molecule has 2 rings (SSSR count). The van der Waals surface area contributed by atoms with Gasteiger partial charge in [-0.2, -0.15) is 13.5 Å². The molecule has 0 aromatic carbocycles. The first kappa shape index (κ1) is 16.7.